The van der Waals surface area contributed by atoms with Crippen LogP contribution in [0.5, 0.6) is 0 Å². The first-order valence-electron chi connectivity index (χ1n) is 20.7. The van der Waals surface area contributed by atoms with Crippen molar-refractivity contribution >= 4 is 5.97 Å². The topological polar surface area (TPSA) is 130 Å². The zero-order valence-corrected chi connectivity index (χ0v) is 34.0. The van der Waals surface area contributed by atoms with E-state index in [-0.39, 0.29) is 39.6 Å². The molecule has 8 rings (SSSR count). The highest BCUT2D eigenvalue weighted by Crippen LogP contribution is 2.39. The summed E-state index contributed by atoms with van der Waals surface area (Å²) >= 11 is 0. The van der Waals surface area contributed by atoms with E-state index in [9.17, 15) is 9.90 Å². The zero-order chi connectivity index (χ0) is 41.8. The summed E-state index contributed by atoms with van der Waals surface area (Å²) in [5.74, 6) is -0.530. The molecular weight excluding hydrogens is 781 g/mol. The number of esters is 1. The molecule has 1 N–H and O–H groups in total. The number of hydrogen-bond acceptors (Lipinski definition) is 12. The van der Waals surface area contributed by atoms with Gasteiger partial charge in [-0.3, -0.25) is 4.79 Å². The lowest BCUT2D eigenvalue weighted by Crippen LogP contribution is -2.66. The average Bonchev–Trinajstić information content (AvgIpc) is 3.30. The van der Waals surface area contributed by atoms with E-state index in [0.717, 1.165) is 27.8 Å². The van der Waals surface area contributed by atoms with Crippen molar-refractivity contribution in [1.29, 1.82) is 0 Å². The monoisotopic (exact) mass is 832 g/mol. The fourth-order valence-corrected chi connectivity index (χ4v) is 7.71. The van der Waals surface area contributed by atoms with Gasteiger partial charge in [0.25, 0.3) is 0 Å². The van der Waals surface area contributed by atoms with Crippen molar-refractivity contribution in [3.63, 3.8) is 0 Å². The summed E-state index contributed by atoms with van der Waals surface area (Å²) in [6.07, 6.45) is -10.3. The quantitative estimate of drug-likeness (QED) is 0.0987. The third-order valence-corrected chi connectivity index (χ3v) is 10.8. The number of carbonyl (C=O) groups is 1. The number of ether oxygens (including phenoxy) is 10. The van der Waals surface area contributed by atoms with Crippen LogP contribution < -0.4 is 0 Å². The molecule has 3 aliphatic heterocycles. The summed E-state index contributed by atoms with van der Waals surface area (Å²) in [4.78, 5) is 12.1. The van der Waals surface area contributed by atoms with Crippen LogP contribution >= 0.6 is 0 Å². The Balaban J connectivity index is 1.14. The van der Waals surface area contributed by atoms with Crippen LogP contribution in [0.2, 0.25) is 0 Å². The molecule has 3 fully saturated rings. The molecule has 320 valence electrons. The number of benzene rings is 5. The van der Waals surface area contributed by atoms with E-state index in [4.69, 9.17) is 47.4 Å². The molecule has 3 aliphatic rings. The van der Waals surface area contributed by atoms with Crippen LogP contribution in [0.4, 0.5) is 0 Å². The van der Waals surface area contributed by atoms with E-state index in [1.54, 1.807) is 0 Å². The predicted molar refractivity (Wildman–Crippen MR) is 221 cm³/mol. The van der Waals surface area contributed by atoms with Gasteiger partial charge < -0.3 is 52.5 Å². The summed E-state index contributed by atoms with van der Waals surface area (Å²) in [6, 6.07) is 48.7. The standard InChI is InChI=1S/C49H52O12/c1-33(50)52-31-39-41(51)43(53-27-34-17-7-2-8-18-34)45(55-29-36-21-11-4-12-22-36)48(58-39)61-49-46(56-30-37-23-13-5-14-24-37)44(54-28-35-19-9-3-10-20-35)42-40(59-49)32-57-47(60-42)38-25-15-6-16-26-38/h2-26,39-49,51H,27-32H2,1H3/t39-,40-,41-,42-,43+,44+,45-,46-,47-,48-,49-/m1/s1. The smallest absolute Gasteiger partial charge is 0.302 e. The molecule has 12 nitrogen and oxygen atoms in total. The zero-order valence-electron chi connectivity index (χ0n) is 34.0. The molecule has 11 atom stereocenters. The lowest BCUT2D eigenvalue weighted by atomic mass is 9.96. The number of rotatable bonds is 17. The van der Waals surface area contributed by atoms with Crippen molar-refractivity contribution in [3.8, 4) is 0 Å². The third-order valence-electron chi connectivity index (χ3n) is 10.8. The van der Waals surface area contributed by atoms with Gasteiger partial charge >= 0.3 is 5.97 Å². The summed E-state index contributed by atoms with van der Waals surface area (Å²) in [5, 5.41) is 11.9. The SMILES string of the molecule is CC(=O)OC[C@H]1O[C@H](O[C@H]2O[C@@H]3CO[C@@H](c4ccccc4)O[C@H]3[C@H](OCc3ccccc3)[C@H]2OCc2ccccc2)[C@H](OCc2ccccc2)[C@@H](OCc2ccccc2)[C@@H]1O. The van der Waals surface area contributed by atoms with Crippen molar-refractivity contribution in [2.24, 2.45) is 0 Å². The van der Waals surface area contributed by atoms with Crippen molar-refractivity contribution < 1.29 is 57.3 Å². The minimum atomic E-state index is -1.28. The number of aliphatic hydroxyl groups excluding tert-OH is 1. The third kappa shape index (κ3) is 11.4. The molecule has 0 aliphatic carbocycles. The minimum absolute atomic E-state index is 0.150. The summed E-state index contributed by atoms with van der Waals surface area (Å²) in [7, 11) is 0. The van der Waals surface area contributed by atoms with Crippen LogP contribution in [0.3, 0.4) is 0 Å². The van der Waals surface area contributed by atoms with Crippen LogP contribution in [0.15, 0.2) is 152 Å². The predicted octanol–water partition coefficient (Wildman–Crippen LogP) is 6.83. The Morgan fingerprint density at radius 3 is 1.48 bits per heavy atom. The van der Waals surface area contributed by atoms with Gasteiger partial charge in [-0.25, -0.2) is 0 Å². The van der Waals surface area contributed by atoms with Gasteiger partial charge in [-0.15, -0.1) is 0 Å². The normalized spacial score (nSPS) is 28.7. The Morgan fingerprint density at radius 2 is 0.984 bits per heavy atom. The molecule has 5 aromatic carbocycles. The van der Waals surface area contributed by atoms with Gasteiger partial charge in [0.2, 0.25) is 0 Å². The van der Waals surface area contributed by atoms with Gasteiger partial charge in [-0.1, -0.05) is 152 Å². The van der Waals surface area contributed by atoms with E-state index in [0.29, 0.717) is 0 Å². The maximum absolute atomic E-state index is 12.1. The molecular formula is C49H52O12. The molecule has 0 saturated carbocycles. The molecule has 3 saturated heterocycles. The van der Waals surface area contributed by atoms with E-state index < -0.39 is 73.7 Å². The van der Waals surface area contributed by atoms with Crippen LogP contribution in [-0.4, -0.2) is 85.7 Å². The van der Waals surface area contributed by atoms with Crippen LogP contribution in [0.1, 0.15) is 41.0 Å². The fraction of sp³-hybridized carbons (Fsp3) is 0.367. The van der Waals surface area contributed by atoms with E-state index >= 15 is 0 Å². The minimum Gasteiger partial charge on any atom is -0.463 e. The average molecular weight is 833 g/mol. The Morgan fingerprint density at radius 1 is 0.557 bits per heavy atom. The van der Waals surface area contributed by atoms with Crippen molar-refractivity contribution in [3.05, 3.63) is 179 Å². The Labute approximate surface area is 356 Å². The highest BCUT2D eigenvalue weighted by atomic mass is 16.8. The number of fused-ring (bicyclic) bond motifs is 1. The van der Waals surface area contributed by atoms with Gasteiger partial charge in [0.15, 0.2) is 18.9 Å². The highest BCUT2D eigenvalue weighted by Gasteiger charge is 2.55. The van der Waals surface area contributed by atoms with Crippen molar-refractivity contribution in [1.82, 2.24) is 0 Å². The van der Waals surface area contributed by atoms with Crippen LogP contribution in [-0.2, 0) is 78.6 Å². The number of hydrogen-bond donors (Lipinski definition) is 1. The first-order chi connectivity index (χ1) is 30.0. The van der Waals surface area contributed by atoms with E-state index in [1.807, 2.05) is 152 Å². The number of aliphatic hydroxyl groups is 1. The van der Waals surface area contributed by atoms with Gasteiger partial charge in [0.05, 0.1) is 33.0 Å². The summed E-state index contributed by atoms with van der Waals surface area (Å²) in [5.41, 5.74) is 4.52. The molecule has 3 heterocycles. The Hall–Kier alpha value is -4.83. The Bertz CT molecular complexity index is 2040. The van der Waals surface area contributed by atoms with Gasteiger partial charge in [0.1, 0.15) is 55.4 Å². The van der Waals surface area contributed by atoms with E-state index in [1.165, 1.54) is 6.92 Å². The molecule has 0 radical (unpaired) electrons. The molecule has 0 bridgehead atoms. The van der Waals surface area contributed by atoms with Gasteiger partial charge in [-0.2, -0.15) is 0 Å². The molecule has 0 spiro atoms. The Kier molecular flexibility index (Phi) is 15.0. The lowest BCUT2D eigenvalue weighted by molar-refractivity contribution is -0.409. The lowest BCUT2D eigenvalue weighted by Gasteiger charge is -2.51. The molecule has 5 aromatic rings. The maximum Gasteiger partial charge on any atom is 0.302 e. The molecule has 0 aromatic heterocycles. The fourth-order valence-electron chi connectivity index (χ4n) is 7.71. The number of carbonyl (C=O) groups excluding carboxylic acids is 1. The largest absolute Gasteiger partial charge is 0.463 e. The molecule has 12 heteroatoms. The van der Waals surface area contributed by atoms with Crippen molar-refractivity contribution in [2.45, 2.75) is 101 Å². The first kappa shape index (κ1) is 42.8. The highest BCUT2D eigenvalue weighted by molar-refractivity contribution is 5.65. The van der Waals surface area contributed by atoms with Crippen LogP contribution in [0.25, 0.3) is 0 Å². The molecule has 61 heavy (non-hydrogen) atoms. The molecule has 0 unspecified atom stereocenters. The van der Waals surface area contributed by atoms with Gasteiger partial charge in [0, 0.05) is 12.5 Å². The molecule has 0 amide bonds. The second-order valence-electron chi connectivity index (χ2n) is 15.2. The summed E-state index contributed by atoms with van der Waals surface area (Å²) < 4.78 is 65.4. The van der Waals surface area contributed by atoms with Crippen molar-refractivity contribution in [2.75, 3.05) is 13.2 Å². The van der Waals surface area contributed by atoms with E-state index in [2.05, 4.69) is 0 Å². The first-order valence-corrected chi connectivity index (χ1v) is 20.7. The second kappa shape index (κ2) is 21.3. The second-order valence-corrected chi connectivity index (χ2v) is 15.2. The summed E-state index contributed by atoms with van der Waals surface area (Å²) in [6.45, 7) is 1.95. The van der Waals surface area contributed by atoms with Crippen LogP contribution in [0, 0.1) is 0 Å². The maximum atomic E-state index is 12.1. The van der Waals surface area contributed by atoms with Gasteiger partial charge in [-0.05, 0) is 22.3 Å².